The van der Waals surface area contributed by atoms with E-state index >= 15 is 0 Å². The largest absolute Gasteiger partial charge is 0.475 e. The van der Waals surface area contributed by atoms with E-state index in [1.807, 2.05) is 0 Å². The lowest BCUT2D eigenvalue weighted by molar-refractivity contribution is -0.148. The van der Waals surface area contributed by atoms with Gasteiger partial charge in [0.1, 0.15) is 0 Å². The minimum atomic E-state index is -1.34. The summed E-state index contributed by atoms with van der Waals surface area (Å²) in [5.41, 5.74) is 11.3. The van der Waals surface area contributed by atoms with Crippen LogP contribution in [0, 0.1) is 0 Å². The highest BCUT2D eigenvalue weighted by Gasteiger charge is 2.31. The Morgan fingerprint density at radius 3 is 2.04 bits per heavy atom. The van der Waals surface area contributed by atoms with Gasteiger partial charge in [-0.05, 0) is 82.2 Å². The van der Waals surface area contributed by atoms with Crippen LogP contribution in [0.15, 0.2) is 18.2 Å². The molecule has 0 amide bonds. The molecule has 3 rings (SSSR count). The first-order chi connectivity index (χ1) is 13.0. The highest BCUT2D eigenvalue weighted by molar-refractivity contribution is 6.33. The van der Waals surface area contributed by atoms with Crippen molar-refractivity contribution in [2.24, 2.45) is 0 Å². The monoisotopic (exact) mass is 364 g/mol. The third-order valence-corrected chi connectivity index (χ3v) is 5.93. The van der Waals surface area contributed by atoms with Crippen molar-refractivity contribution in [3.8, 4) is 11.1 Å². The molecule has 0 atom stereocenters. The zero-order valence-corrected chi connectivity index (χ0v) is 16.7. The summed E-state index contributed by atoms with van der Waals surface area (Å²) in [5, 5.41) is 9.19. The van der Waals surface area contributed by atoms with Gasteiger partial charge in [-0.25, -0.2) is 4.79 Å². The minimum absolute atomic E-state index is 0.00667. The maximum atomic E-state index is 12.1. The number of Topliss-reactive ketones (excluding diaryl/α,β-unsaturated/α-hetero) is 1. The van der Waals surface area contributed by atoms with E-state index < -0.39 is 11.8 Å². The SMILES string of the molecule is CCc1cccc2c1-c1c(CC)c(CC)c(CC)c(CC(=O)C(=O)O)c1C2. The maximum absolute atomic E-state index is 12.1. The summed E-state index contributed by atoms with van der Waals surface area (Å²) in [5.74, 6) is -2.06. The topological polar surface area (TPSA) is 54.4 Å². The van der Waals surface area contributed by atoms with Crippen molar-refractivity contribution < 1.29 is 14.7 Å². The van der Waals surface area contributed by atoms with Gasteiger partial charge in [0, 0.05) is 6.42 Å². The lowest BCUT2D eigenvalue weighted by Crippen LogP contribution is -2.19. The van der Waals surface area contributed by atoms with Gasteiger partial charge in [-0.1, -0.05) is 45.9 Å². The van der Waals surface area contributed by atoms with Gasteiger partial charge in [-0.15, -0.1) is 0 Å². The highest BCUT2D eigenvalue weighted by atomic mass is 16.4. The van der Waals surface area contributed by atoms with Crippen LogP contribution in [0.3, 0.4) is 0 Å². The van der Waals surface area contributed by atoms with Crippen molar-refractivity contribution >= 4 is 11.8 Å². The van der Waals surface area contributed by atoms with Crippen LogP contribution in [0.1, 0.15) is 66.6 Å². The molecule has 0 aromatic heterocycles. The Morgan fingerprint density at radius 1 is 0.852 bits per heavy atom. The average Bonchev–Trinajstić information content (AvgIpc) is 3.06. The molecule has 1 aliphatic carbocycles. The Kier molecular flexibility index (Phi) is 5.50. The van der Waals surface area contributed by atoms with Crippen LogP contribution < -0.4 is 0 Å². The molecule has 0 spiro atoms. The number of benzene rings is 2. The number of rotatable bonds is 7. The van der Waals surface area contributed by atoms with Gasteiger partial charge in [0.2, 0.25) is 5.78 Å². The van der Waals surface area contributed by atoms with Crippen molar-refractivity contribution in [3.63, 3.8) is 0 Å². The van der Waals surface area contributed by atoms with E-state index in [0.29, 0.717) is 0 Å². The van der Waals surface area contributed by atoms with Gasteiger partial charge < -0.3 is 5.11 Å². The molecule has 3 nitrogen and oxygen atoms in total. The molecule has 27 heavy (non-hydrogen) atoms. The summed E-state index contributed by atoms with van der Waals surface area (Å²) < 4.78 is 0. The van der Waals surface area contributed by atoms with E-state index in [2.05, 4.69) is 45.9 Å². The van der Waals surface area contributed by atoms with Crippen LogP contribution in [-0.2, 0) is 48.1 Å². The summed E-state index contributed by atoms with van der Waals surface area (Å²) in [6.45, 7) is 8.64. The summed E-state index contributed by atoms with van der Waals surface area (Å²) in [4.78, 5) is 23.4. The van der Waals surface area contributed by atoms with Crippen LogP contribution >= 0.6 is 0 Å². The third kappa shape index (κ3) is 3.09. The predicted octanol–water partition coefficient (Wildman–Crippen LogP) is 4.70. The Hall–Kier alpha value is -2.42. The molecule has 0 radical (unpaired) electrons. The normalized spacial score (nSPS) is 12.0. The molecular formula is C24H28O3. The number of hydrogen-bond donors (Lipinski definition) is 1. The second-order valence-electron chi connectivity index (χ2n) is 7.22. The second-order valence-corrected chi connectivity index (χ2v) is 7.22. The van der Waals surface area contributed by atoms with Crippen molar-refractivity contribution in [2.75, 3.05) is 0 Å². The number of carbonyl (C=O) groups is 2. The van der Waals surface area contributed by atoms with E-state index in [1.54, 1.807) is 0 Å². The van der Waals surface area contributed by atoms with Crippen LogP contribution in [0.25, 0.3) is 11.1 Å². The standard InChI is InChI=1S/C24H28O3/c1-5-14-10-9-11-15-12-20-19(13-21(25)24(26)27)17(7-3)16(6-2)18(8-4)23(20)22(14)15/h9-11H,5-8,12-13H2,1-4H3,(H,26,27). The fraction of sp³-hybridized carbons (Fsp3) is 0.417. The van der Waals surface area contributed by atoms with E-state index in [1.165, 1.54) is 44.5 Å². The van der Waals surface area contributed by atoms with Crippen LogP contribution in [0.2, 0.25) is 0 Å². The van der Waals surface area contributed by atoms with Gasteiger partial charge in [-0.2, -0.15) is 0 Å². The summed E-state index contributed by atoms with van der Waals surface area (Å²) >= 11 is 0. The van der Waals surface area contributed by atoms with Crippen molar-refractivity contribution in [1.82, 2.24) is 0 Å². The smallest absolute Gasteiger partial charge is 0.372 e. The van der Waals surface area contributed by atoms with Crippen molar-refractivity contribution in [3.05, 3.63) is 57.1 Å². The Morgan fingerprint density at radius 2 is 1.48 bits per heavy atom. The van der Waals surface area contributed by atoms with Gasteiger partial charge >= 0.3 is 5.97 Å². The number of carbonyl (C=O) groups excluding carboxylic acids is 1. The van der Waals surface area contributed by atoms with Gasteiger partial charge in [0.25, 0.3) is 0 Å². The van der Waals surface area contributed by atoms with Gasteiger partial charge in [0.05, 0.1) is 0 Å². The average molecular weight is 364 g/mol. The first-order valence-electron chi connectivity index (χ1n) is 10.0. The minimum Gasteiger partial charge on any atom is -0.475 e. The van der Waals surface area contributed by atoms with E-state index in [4.69, 9.17) is 0 Å². The lowest BCUT2D eigenvalue weighted by atomic mass is 9.81. The maximum Gasteiger partial charge on any atom is 0.372 e. The number of hydrogen-bond acceptors (Lipinski definition) is 2. The molecule has 0 aliphatic heterocycles. The molecule has 1 N–H and O–H groups in total. The molecule has 0 saturated heterocycles. The zero-order chi connectivity index (χ0) is 19.7. The molecule has 3 heteroatoms. The highest BCUT2D eigenvalue weighted by Crippen LogP contribution is 2.46. The molecule has 0 unspecified atom stereocenters. The van der Waals surface area contributed by atoms with Crippen LogP contribution in [0.5, 0.6) is 0 Å². The van der Waals surface area contributed by atoms with Crippen molar-refractivity contribution in [1.29, 1.82) is 0 Å². The summed E-state index contributed by atoms with van der Waals surface area (Å²) in [7, 11) is 0. The molecule has 0 bridgehead atoms. The third-order valence-electron chi connectivity index (χ3n) is 5.93. The zero-order valence-electron chi connectivity index (χ0n) is 16.7. The number of aryl methyl sites for hydroxylation is 1. The summed E-state index contributed by atoms with van der Waals surface area (Å²) in [6.07, 6.45) is 4.42. The molecular weight excluding hydrogens is 336 g/mol. The van der Waals surface area contributed by atoms with Crippen LogP contribution in [-0.4, -0.2) is 16.9 Å². The molecule has 0 fully saturated rings. The Balaban J connectivity index is 2.38. The molecule has 1 aliphatic rings. The van der Waals surface area contributed by atoms with Gasteiger partial charge in [-0.3, -0.25) is 4.79 Å². The molecule has 2 aromatic rings. The quantitative estimate of drug-likeness (QED) is 0.618. The molecule has 142 valence electrons. The Labute approximate surface area is 161 Å². The number of fused-ring (bicyclic) bond motifs is 3. The van der Waals surface area contributed by atoms with E-state index in [0.717, 1.165) is 37.7 Å². The molecule has 0 saturated carbocycles. The fourth-order valence-electron chi connectivity index (χ4n) is 4.83. The predicted molar refractivity (Wildman–Crippen MR) is 109 cm³/mol. The van der Waals surface area contributed by atoms with E-state index in [-0.39, 0.29) is 6.42 Å². The van der Waals surface area contributed by atoms with Gasteiger partial charge in [0.15, 0.2) is 0 Å². The number of carboxylic acid groups (broad SMARTS) is 1. The van der Waals surface area contributed by atoms with E-state index in [9.17, 15) is 14.7 Å². The van der Waals surface area contributed by atoms with Crippen LogP contribution in [0.4, 0.5) is 0 Å². The Bertz CT molecular complexity index is 922. The fourth-order valence-corrected chi connectivity index (χ4v) is 4.83. The number of ketones is 1. The first-order valence-corrected chi connectivity index (χ1v) is 10.0. The second kappa shape index (κ2) is 7.67. The summed E-state index contributed by atoms with van der Waals surface area (Å²) in [6, 6.07) is 6.47. The molecule has 2 aromatic carbocycles. The molecule has 0 heterocycles. The number of aliphatic carboxylic acids is 1. The van der Waals surface area contributed by atoms with Crippen molar-refractivity contribution in [2.45, 2.75) is 66.2 Å². The number of carboxylic acids is 1. The first kappa shape index (κ1) is 19.3. The lowest BCUT2D eigenvalue weighted by Gasteiger charge is -2.23.